The van der Waals surface area contributed by atoms with Crippen LogP contribution in [0.5, 0.6) is 0 Å². The molecule has 3 rings (SSSR count). The molecule has 5 heteroatoms. The van der Waals surface area contributed by atoms with Gasteiger partial charge in [-0.3, -0.25) is 4.57 Å². The lowest BCUT2D eigenvalue weighted by atomic mass is 10.2. The summed E-state index contributed by atoms with van der Waals surface area (Å²) < 4.78 is 2.11. The van der Waals surface area contributed by atoms with Gasteiger partial charge in [0.05, 0.1) is 16.7 Å². The number of aromatic nitrogens is 2. The third-order valence-electron chi connectivity index (χ3n) is 3.48. The number of rotatable bonds is 3. The van der Waals surface area contributed by atoms with Crippen molar-refractivity contribution in [2.75, 3.05) is 5.88 Å². The van der Waals surface area contributed by atoms with Crippen LogP contribution in [0.4, 0.5) is 0 Å². The predicted molar refractivity (Wildman–Crippen MR) is 90.3 cm³/mol. The van der Waals surface area contributed by atoms with Crippen LogP contribution in [0.25, 0.3) is 16.7 Å². The van der Waals surface area contributed by atoms with Gasteiger partial charge in [0.25, 0.3) is 0 Å². The second kappa shape index (κ2) is 5.88. The molecule has 2 aromatic carbocycles. The lowest BCUT2D eigenvalue weighted by Crippen LogP contribution is -2.04. The van der Waals surface area contributed by atoms with Crippen LogP contribution in [-0.4, -0.2) is 15.4 Å². The van der Waals surface area contributed by atoms with Crippen molar-refractivity contribution in [3.05, 3.63) is 57.8 Å². The van der Waals surface area contributed by atoms with Crippen LogP contribution in [0.3, 0.4) is 0 Å². The lowest BCUT2D eigenvalue weighted by Gasteiger charge is -2.12. The van der Waals surface area contributed by atoms with Gasteiger partial charge in [0.1, 0.15) is 5.82 Å². The van der Waals surface area contributed by atoms with Gasteiger partial charge < -0.3 is 0 Å². The molecular formula is C16H13Cl3N2. The molecule has 0 fully saturated rings. The minimum Gasteiger partial charge on any atom is -0.296 e. The van der Waals surface area contributed by atoms with E-state index in [4.69, 9.17) is 34.8 Å². The zero-order chi connectivity index (χ0) is 15.0. The fourth-order valence-corrected chi connectivity index (χ4v) is 2.97. The van der Waals surface area contributed by atoms with Gasteiger partial charge >= 0.3 is 0 Å². The molecule has 0 atom stereocenters. The summed E-state index contributed by atoms with van der Waals surface area (Å²) in [6.07, 6.45) is 0.680. The maximum Gasteiger partial charge on any atom is 0.115 e. The third-order valence-corrected chi connectivity index (χ3v) is 4.32. The molecule has 0 bridgehead atoms. The van der Waals surface area contributed by atoms with Crippen LogP contribution in [0.1, 0.15) is 11.4 Å². The molecular weight excluding hydrogens is 327 g/mol. The van der Waals surface area contributed by atoms with Gasteiger partial charge in [0, 0.05) is 22.3 Å². The average Bonchev–Trinajstić information content (AvgIpc) is 2.79. The molecule has 0 amide bonds. The zero-order valence-corrected chi connectivity index (χ0v) is 13.7. The van der Waals surface area contributed by atoms with Crippen LogP contribution < -0.4 is 0 Å². The Kier molecular flexibility index (Phi) is 4.12. The van der Waals surface area contributed by atoms with E-state index in [9.17, 15) is 0 Å². The third kappa shape index (κ3) is 2.64. The van der Waals surface area contributed by atoms with Crippen molar-refractivity contribution in [2.24, 2.45) is 0 Å². The quantitative estimate of drug-likeness (QED) is 0.582. The van der Waals surface area contributed by atoms with Gasteiger partial charge in [-0.2, -0.15) is 0 Å². The summed E-state index contributed by atoms with van der Waals surface area (Å²) >= 11 is 18.2. The van der Waals surface area contributed by atoms with Crippen molar-refractivity contribution in [3.63, 3.8) is 0 Å². The van der Waals surface area contributed by atoms with Crippen molar-refractivity contribution < 1.29 is 0 Å². The molecule has 108 valence electrons. The van der Waals surface area contributed by atoms with Gasteiger partial charge in [-0.25, -0.2) is 4.98 Å². The van der Waals surface area contributed by atoms with E-state index in [0.717, 1.165) is 33.1 Å². The van der Waals surface area contributed by atoms with E-state index in [2.05, 4.69) is 9.55 Å². The SMILES string of the molecule is Cc1c(Cl)cccc1-n1c(CCCl)nc2cc(Cl)ccc21. The van der Waals surface area contributed by atoms with Gasteiger partial charge in [-0.15, -0.1) is 11.6 Å². The Balaban J connectivity index is 2.33. The summed E-state index contributed by atoms with van der Waals surface area (Å²) in [5.41, 5.74) is 3.91. The Hall–Kier alpha value is -1.22. The number of hydrogen-bond donors (Lipinski definition) is 0. The Morgan fingerprint density at radius 1 is 1.14 bits per heavy atom. The molecule has 3 aromatic rings. The molecule has 0 unspecified atom stereocenters. The Labute approximate surface area is 138 Å². The van der Waals surface area contributed by atoms with Crippen LogP contribution in [0, 0.1) is 6.92 Å². The Bertz CT molecular complexity index is 809. The molecule has 0 aliphatic heterocycles. The maximum absolute atomic E-state index is 6.26. The molecule has 2 nitrogen and oxygen atoms in total. The summed E-state index contributed by atoms with van der Waals surface area (Å²) in [5, 5.41) is 1.41. The molecule has 0 saturated carbocycles. The van der Waals surface area contributed by atoms with E-state index in [0.29, 0.717) is 17.3 Å². The highest BCUT2D eigenvalue weighted by atomic mass is 35.5. The van der Waals surface area contributed by atoms with Crippen molar-refractivity contribution in [1.29, 1.82) is 0 Å². The zero-order valence-electron chi connectivity index (χ0n) is 11.4. The van der Waals surface area contributed by atoms with Gasteiger partial charge in [-0.1, -0.05) is 29.3 Å². The number of hydrogen-bond acceptors (Lipinski definition) is 1. The molecule has 0 aliphatic carbocycles. The monoisotopic (exact) mass is 338 g/mol. The molecule has 0 spiro atoms. The van der Waals surface area contributed by atoms with Crippen LogP contribution in [0.15, 0.2) is 36.4 Å². The van der Waals surface area contributed by atoms with Crippen molar-refractivity contribution in [1.82, 2.24) is 9.55 Å². The topological polar surface area (TPSA) is 17.8 Å². The predicted octanol–water partition coefficient (Wildman–Crippen LogP) is 5.42. The highest BCUT2D eigenvalue weighted by Gasteiger charge is 2.14. The van der Waals surface area contributed by atoms with Gasteiger partial charge in [0.2, 0.25) is 0 Å². The smallest absolute Gasteiger partial charge is 0.115 e. The minimum absolute atomic E-state index is 0.511. The molecule has 0 N–H and O–H groups in total. The molecule has 0 saturated heterocycles. The Morgan fingerprint density at radius 3 is 2.71 bits per heavy atom. The average molecular weight is 340 g/mol. The normalized spacial score (nSPS) is 11.2. The van der Waals surface area contributed by atoms with E-state index in [1.165, 1.54) is 0 Å². The number of aryl methyl sites for hydroxylation is 1. The highest BCUT2D eigenvalue weighted by Crippen LogP contribution is 2.29. The first-order valence-corrected chi connectivity index (χ1v) is 7.89. The highest BCUT2D eigenvalue weighted by molar-refractivity contribution is 6.31. The number of nitrogens with zero attached hydrogens (tertiary/aromatic N) is 2. The van der Waals surface area contributed by atoms with Crippen LogP contribution >= 0.6 is 34.8 Å². The summed E-state index contributed by atoms with van der Waals surface area (Å²) in [6.45, 7) is 2.00. The first-order valence-electron chi connectivity index (χ1n) is 6.60. The van der Waals surface area contributed by atoms with E-state index >= 15 is 0 Å². The Morgan fingerprint density at radius 2 is 1.95 bits per heavy atom. The van der Waals surface area contributed by atoms with Gasteiger partial charge in [0.15, 0.2) is 0 Å². The van der Waals surface area contributed by atoms with Crippen LogP contribution in [0.2, 0.25) is 10.0 Å². The van der Waals surface area contributed by atoms with Crippen molar-refractivity contribution in [2.45, 2.75) is 13.3 Å². The summed E-state index contributed by atoms with van der Waals surface area (Å²) in [4.78, 5) is 4.66. The molecule has 0 aliphatic rings. The largest absolute Gasteiger partial charge is 0.296 e. The number of fused-ring (bicyclic) bond motifs is 1. The second-order valence-corrected chi connectivity index (χ2v) is 6.04. The number of imidazole rings is 1. The van der Waals surface area contributed by atoms with Crippen LogP contribution in [-0.2, 0) is 6.42 Å². The first-order chi connectivity index (χ1) is 10.1. The fourth-order valence-electron chi connectivity index (χ4n) is 2.46. The first kappa shape index (κ1) is 14.7. The number of benzene rings is 2. The maximum atomic E-state index is 6.26. The van der Waals surface area contributed by atoms with E-state index in [1.807, 2.05) is 43.3 Å². The van der Waals surface area contributed by atoms with Crippen molar-refractivity contribution >= 4 is 45.8 Å². The molecule has 0 radical (unpaired) electrons. The van der Waals surface area contributed by atoms with E-state index < -0.39 is 0 Å². The van der Waals surface area contributed by atoms with Crippen molar-refractivity contribution in [3.8, 4) is 5.69 Å². The number of halogens is 3. The second-order valence-electron chi connectivity index (χ2n) is 4.82. The molecule has 21 heavy (non-hydrogen) atoms. The summed E-state index contributed by atoms with van der Waals surface area (Å²) in [5.74, 6) is 1.42. The molecule has 1 heterocycles. The van der Waals surface area contributed by atoms with Gasteiger partial charge in [-0.05, 0) is 42.8 Å². The lowest BCUT2D eigenvalue weighted by molar-refractivity contribution is 0.907. The number of alkyl halides is 1. The summed E-state index contributed by atoms with van der Waals surface area (Å²) in [6, 6.07) is 11.6. The standard InChI is InChI=1S/C16H13Cl3N2/c1-10-12(19)3-2-4-14(10)21-15-6-5-11(18)9-13(15)20-16(21)7-8-17/h2-6,9H,7-8H2,1H3. The minimum atomic E-state index is 0.511. The van der Waals surface area contributed by atoms with E-state index in [1.54, 1.807) is 0 Å². The fraction of sp³-hybridized carbons (Fsp3) is 0.188. The molecule has 1 aromatic heterocycles. The summed E-state index contributed by atoms with van der Waals surface area (Å²) in [7, 11) is 0. The van der Waals surface area contributed by atoms with E-state index in [-0.39, 0.29) is 0 Å².